The second kappa shape index (κ2) is 8.44. The van der Waals surface area contributed by atoms with Gasteiger partial charge in [0.1, 0.15) is 0 Å². The highest BCUT2D eigenvalue weighted by Gasteiger charge is 2.21. The monoisotopic (exact) mass is 243 g/mol. The van der Waals surface area contributed by atoms with Gasteiger partial charge in [0.05, 0.1) is 6.54 Å². The Hall–Kier alpha value is -0.650. The van der Waals surface area contributed by atoms with Crippen molar-refractivity contribution in [3.8, 4) is 0 Å². The van der Waals surface area contributed by atoms with Crippen LogP contribution in [0.1, 0.15) is 26.2 Å². The summed E-state index contributed by atoms with van der Waals surface area (Å²) in [6, 6.07) is 0.491. The van der Waals surface area contributed by atoms with Gasteiger partial charge in [-0.2, -0.15) is 0 Å². The van der Waals surface area contributed by atoms with Crippen LogP contribution in [0.4, 0.5) is 0 Å². The average molecular weight is 243 g/mol. The van der Waals surface area contributed by atoms with Gasteiger partial charge < -0.3 is 15.8 Å². The molecule has 1 amide bonds. The molecule has 0 atom stereocenters. The predicted molar refractivity (Wildman–Crippen MR) is 67.8 cm³/mol. The summed E-state index contributed by atoms with van der Waals surface area (Å²) in [5.41, 5.74) is 5.30. The van der Waals surface area contributed by atoms with Gasteiger partial charge in [-0.05, 0) is 39.3 Å². The van der Waals surface area contributed by atoms with Crippen LogP contribution in [-0.4, -0.2) is 56.2 Å². The van der Waals surface area contributed by atoms with E-state index in [4.69, 9.17) is 10.5 Å². The first-order chi connectivity index (χ1) is 8.24. The van der Waals surface area contributed by atoms with E-state index in [2.05, 4.69) is 10.2 Å². The van der Waals surface area contributed by atoms with E-state index in [1.165, 1.54) is 0 Å². The van der Waals surface area contributed by atoms with Crippen molar-refractivity contribution in [2.45, 2.75) is 32.2 Å². The summed E-state index contributed by atoms with van der Waals surface area (Å²) in [5, 5.41) is 3.33. The van der Waals surface area contributed by atoms with E-state index in [1.807, 2.05) is 6.92 Å². The molecule has 1 aliphatic heterocycles. The number of hydrogen-bond donors (Lipinski definition) is 2. The first-order valence-corrected chi connectivity index (χ1v) is 6.55. The Labute approximate surface area is 104 Å². The van der Waals surface area contributed by atoms with Gasteiger partial charge in [0.2, 0.25) is 5.91 Å². The zero-order valence-corrected chi connectivity index (χ0v) is 10.8. The molecule has 17 heavy (non-hydrogen) atoms. The largest absolute Gasteiger partial charge is 0.382 e. The molecule has 0 aromatic rings. The maximum atomic E-state index is 11.1. The second-order valence-corrected chi connectivity index (χ2v) is 4.47. The van der Waals surface area contributed by atoms with Gasteiger partial charge in [0, 0.05) is 25.8 Å². The van der Waals surface area contributed by atoms with E-state index >= 15 is 0 Å². The lowest BCUT2D eigenvalue weighted by Gasteiger charge is -2.33. The van der Waals surface area contributed by atoms with Crippen LogP contribution in [0.2, 0.25) is 0 Å². The molecule has 1 saturated heterocycles. The quantitative estimate of drug-likeness (QED) is 0.587. The number of hydrogen-bond acceptors (Lipinski definition) is 4. The van der Waals surface area contributed by atoms with Crippen LogP contribution in [0.15, 0.2) is 0 Å². The predicted octanol–water partition coefficient (Wildman–Crippen LogP) is -0.0477. The van der Waals surface area contributed by atoms with Crippen molar-refractivity contribution in [2.75, 3.05) is 39.4 Å². The summed E-state index contributed by atoms with van der Waals surface area (Å²) < 4.78 is 5.32. The number of nitrogens with two attached hydrogens (primary N) is 1. The minimum Gasteiger partial charge on any atom is -0.382 e. The summed E-state index contributed by atoms with van der Waals surface area (Å²) in [6.07, 6.45) is 3.16. The fourth-order valence-electron chi connectivity index (χ4n) is 2.28. The molecule has 0 aliphatic carbocycles. The van der Waals surface area contributed by atoms with Gasteiger partial charge in [-0.1, -0.05) is 0 Å². The van der Waals surface area contributed by atoms with Crippen LogP contribution in [0.5, 0.6) is 0 Å². The number of primary amides is 1. The first-order valence-electron chi connectivity index (χ1n) is 6.55. The maximum absolute atomic E-state index is 11.1. The molecular formula is C12H25N3O2. The van der Waals surface area contributed by atoms with Gasteiger partial charge >= 0.3 is 0 Å². The van der Waals surface area contributed by atoms with Crippen molar-refractivity contribution in [3.63, 3.8) is 0 Å². The van der Waals surface area contributed by atoms with Gasteiger partial charge in [-0.3, -0.25) is 9.69 Å². The molecule has 1 heterocycles. The molecule has 100 valence electrons. The fourth-order valence-corrected chi connectivity index (χ4v) is 2.28. The van der Waals surface area contributed by atoms with Crippen LogP contribution in [0, 0.1) is 0 Å². The van der Waals surface area contributed by atoms with Crippen molar-refractivity contribution >= 4 is 5.91 Å². The highest BCUT2D eigenvalue weighted by atomic mass is 16.5. The molecule has 0 unspecified atom stereocenters. The second-order valence-electron chi connectivity index (χ2n) is 4.47. The van der Waals surface area contributed by atoms with Crippen molar-refractivity contribution in [1.82, 2.24) is 10.2 Å². The van der Waals surface area contributed by atoms with Crippen LogP contribution in [-0.2, 0) is 9.53 Å². The van der Waals surface area contributed by atoms with Crippen LogP contribution >= 0.6 is 0 Å². The van der Waals surface area contributed by atoms with Crippen molar-refractivity contribution < 1.29 is 9.53 Å². The Morgan fingerprint density at radius 3 is 2.76 bits per heavy atom. The third-order valence-electron chi connectivity index (χ3n) is 3.12. The lowest BCUT2D eigenvalue weighted by atomic mass is 10.0. The van der Waals surface area contributed by atoms with Gasteiger partial charge in [-0.15, -0.1) is 0 Å². The van der Waals surface area contributed by atoms with Gasteiger partial charge in [0.15, 0.2) is 0 Å². The standard InChI is InChI=1S/C12H25N3O2/c1-2-17-9-3-8-15(10-12(13)16)11-4-6-14-7-5-11/h11,14H,2-10H2,1H3,(H2,13,16). The smallest absolute Gasteiger partial charge is 0.231 e. The Morgan fingerprint density at radius 1 is 1.47 bits per heavy atom. The molecule has 0 spiro atoms. The van der Waals surface area contributed by atoms with Gasteiger partial charge in [-0.25, -0.2) is 0 Å². The Bertz CT molecular complexity index is 218. The van der Waals surface area contributed by atoms with E-state index in [1.54, 1.807) is 0 Å². The molecule has 0 bridgehead atoms. The van der Waals surface area contributed by atoms with Crippen molar-refractivity contribution in [2.24, 2.45) is 5.73 Å². The zero-order valence-electron chi connectivity index (χ0n) is 10.8. The molecule has 0 aromatic heterocycles. The molecule has 0 saturated carbocycles. The molecule has 1 rings (SSSR count). The van der Waals surface area contributed by atoms with E-state index in [-0.39, 0.29) is 5.91 Å². The molecule has 3 N–H and O–H groups in total. The SMILES string of the molecule is CCOCCCN(CC(N)=O)C1CCNCC1. The summed E-state index contributed by atoms with van der Waals surface area (Å²) >= 11 is 0. The normalized spacial score (nSPS) is 17.5. The van der Waals surface area contributed by atoms with E-state index in [9.17, 15) is 4.79 Å². The summed E-state index contributed by atoms with van der Waals surface area (Å²) in [6.45, 7) is 6.84. The van der Waals surface area contributed by atoms with Crippen LogP contribution in [0.3, 0.4) is 0 Å². The fraction of sp³-hybridized carbons (Fsp3) is 0.917. The minimum absolute atomic E-state index is 0.236. The molecule has 0 aromatic carbocycles. The molecule has 1 aliphatic rings. The highest BCUT2D eigenvalue weighted by molar-refractivity contribution is 5.75. The number of ether oxygens (including phenoxy) is 1. The Kier molecular flexibility index (Phi) is 7.16. The number of rotatable bonds is 8. The maximum Gasteiger partial charge on any atom is 0.231 e. The Morgan fingerprint density at radius 2 is 2.18 bits per heavy atom. The minimum atomic E-state index is -0.236. The number of piperidine rings is 1. The van der Waals surface area contributed by atoms with E-state index < -0.39 is 0 Å². The highest BCUT2D eigenvalue weighted by Crippen LogP contribution is 2.11. The molecule has 0 radical (unpaired) electrons. The summed E-state index contributed by atoms with van der Waals surface area (Å²) in [7, 11) is 0. The third-order valence-corrected chi connectivity index (χ3v) is 3.12. The molecular weight excluding hydrogens is 218 g/mol. The van der Waals surface area contributed by atoms with Crippen molar-refractivity contribution in [3.05, 3.63) is 0 Å². The van der Waals surface area contributed by atoms with E-state index in [0.29, 0.717) is 12.6 Å². The zero-order chi connectivity index (χ0) is 12.5. The summed E-state index contributed by atoms with van der Waals surface area (Å²) in [4.78, 5) is 13.3. The Balaban J connectivity index is 2.33. The number of amides is 1. The van der Waals surface area contributed by atoms with Crippen molar-refractivity contribution in [1.29, 1.82) is 0 Å². The molecule has 1 fully saturated rings. The molecule has 5 nitrogen and oxygen atoms in total. The third kappa shape index (κ3) is 6.00. The lowest BCUT2D eigenvalue weighted by molar-refractivity contribution is -0.119. The topological polar surface area (TPSA) is 67.6 Å². The molecule has 5 heteroatoms. The summed E-state index contributed by atoms with van der Waals surface area (Å²) in [5.74, 6) is -0.236. The number of nitrogens with zero attached hydrogens (tertiary/aromatic N) is 1. The van der Waals surface area contributed by atoms with E-state index in [0.717, 1.165) is 52.1 Å². The first kappa shape index (κ1) is 14.4. The van der Waals surface area contributed by atoms with Crippen LogP contribution < -0.4 is 11.1 Å². The average Bonchev–Trinajstić information content (AvgIpc) is 2.34. The van der Waals surface area contributed by atoms with Gasteiger partial charge in [0.25, 0.3) is 0 Å². The number of carbonyl (C=O) groups excluding carboxylic acids is 1. The lowest BCUT2D eigenvalue weighted by Crippen LogP contribution is -2.47. The van der Waals surface area contributed by atoms with Crippen LogP contribution in [0.25, 0.3) is 0 Å². The number of carbonyl (C=O) groups is 1. The number of nitrogens with one attached hydrogen (secondary N) is 1.